The fraction of sp³-hybridized carbons (Fsp3) is 0.859. The standard InChI is InChI=1S/C71H135N2O7P/c1-7-10-13-16-19-22-25-27-29-31-33-35-36-38-40-42-44-46-49-52-55-58-61-64-71(75)80-69(62-59-56-53-50-47-24-21-18-15-12-9-3)68(67-79-81(76,77)78-66-65-73(4,5)6)72-70(74)63-60-57-54-51-48-45-43-41-39-37-34-32-30-28-26-23-20-17-14-11-8-2/h19,22,27-30,59,62,68-69H,7-18,20-21,23-26,31-58,60-61,63-67H2,1-6H3,(H-,72,74,76,77)/p+1/b22-19-,29-27-,30-28+,62-59+. The third-order valence-electron chi connectivity index (χ3n) is 15.7. The van der Waals surface area contributed by atoms with Gasteiger partial charge in [-0.1, -0.05) is 288 Å². The van der Waals surface area contributed by atoms with Gasteiger partial charge in [-0.05, 0) is 89.5 Å². The van der Waals surface area contributed by atoms with Crippen molar-refractivity contribution in [2.24, 2.45) is 0 Å². The number of ether oxygens (including phenoxy) is 1. The van der Waals surface area contributed by atoms with Crippen molar-refractivity contribution in [1.29, 1.82) is 0 Å². The van der Waals surface area contributed by atoms with Crippen LogP contribution in [0.2, 0.25) is 0 Å². The average molecular weight is 1160 g/mol. The molecule has 3 unspecified atom stereocenters. The van der Waals surface area contributed by atoms with Crippen molar-refractivity contribution in [2.45, 2.75) is 354 Å². The summed E-state index contributed by atoms with van der Waals surface area (Å²) in [5.74, 6) is -0.493. The molecule has 0 aliphatic carbocycles. The highest BCUT2D eigenvalue weighted by Crippen LogP contribution is 2.43. The van der Waals surface area contributed by atoms with Gasteiger partial charge in [-0.2, -0.15) is 0 Å². The average Bonchev–Trinajstić information content (AvgIpc) is 3.44. The van der Waals surface area contributed by atoms with Crippen molar-refractivity contribution < 1.29 is 37.3 Å². The smallest absolute Gasteiger partial charge is 0.456 e. The molecule has 10 heteroatoms. The van der Waals surface area contributed by atoms with Gasteiger partial charge < -0.3 is 19.4 Å². The van der Waals surface area contributed by atoms with Crippen LogP contribution in [0.4, 0.5) is 0 Å². The molecular formula is C71H136N2O7P+. The summed E-state index contributed by atoms with van der Waals surface area (Å²) in [7, 11) is 1.51. The number of allylic oxidation sites excluding steroid dienone is 7. The first-order chi connectivity index (χ1) is 39.4. The van der Waals surface area contributed by atoms with Gasteiger partial charge in [0.1, 0.15) is 19.3 Å². The number of likely N-dealkylation sites (N-methyl/N-ethyl adjacent to an activating group) is 1. The van der Waals surface area contributed by atoms with Crippen LogP contribution in [0.15, 0.2) is 48.6 Å². The number of hydrogen-bond acceptors (Lipinski definition) is 6. The third kappa shape index (κ3) is 62.3. The molecule has 0 saturated heterocycles. The first-order valence-corrected chi connectivity index (χ1v) is 36.5. The van der Waals surface area contributed by atoms with E-state index >= 15 is 0 Å². The van der Waals surface area contributed by atoms with Crippen molar-refractivity contribution in [2.75, 3.05) is 40.9 Å². The highest BCUT2D eigenvalue weighted by molar-refractivity contribution is 7.47. The van der Waals surface area contributed by atoms with E-state index in [-0.39, 0.29) is 25.1 Å². The van der Waals surface area contributed by atoms with E-state index in [0.29, 0.717) is 23.9 Å². The van der Waals surface area contributed by atoms with Crippen LogP contribution in [0, 0.1) is 0 Å². The number of carbonyl (C=O) groups excluding carboxylic acids is 2. The summed E-state index contributed by atoms with van der Waals surface area (Å²) in [6.07, 6.45) is 76.9. The molecular weight excluding hydrogens is 1020 g/mol. The number of nitrogens with one attached hydrogen (secondary N) is 1. The van der Waals surface area contributed by atoms with Crippen LogP contribution >= 0.6 is 7.82 Å². The maximum atomic E-state index is 13.6. The normalized spacial score (nSPS) is 13.8. The summed E-state index contributed by atoms with van der Waals surface area (Å²) in [5.41, 5.74) is 0. The monoisotopic (exact) mass is 1160 g/mol. The number of carbonyl (C=O) groups is 2. The quantitative estimate of drug-likeness (QED) is 0.0205. The first kappa shape index (κ1) is 79.0. The lowest BCUT2D eigenvalue weighted by Gasteiger charge is -2.27. The summed E-state index contributed by atoms with van der Waals surface area (Å²) in [5, 5.41) is 3.07. The lowest BCUT2D eigenvalue weighted by atomic mass is 10.0. The largest absolute Gasteiger partial charge is 0.472 e. The minimum Gasteiger partial charge on any atom is -0.456 e. The van der Waals surface area contributed by atoms with Gasteiger partial charge in [-0.3, -0.25) is 18.6 Å². The molecule has 0 aliphatic heterocycles. The molecule has 9 nitrogen and oxygen atoms in total. The zero-order chi connectivity index (χ0) is 59.3. The summed E-state index contributed by atoms with van der Waals surface area (Å²) in [6.45, 7) is 7.02. The van der Waals surface area contributed by atoms with Crippen molar-refractivity contribution in [3.63, 3.8) is 0 Å². The number of esters is 1. The zero-order valence-electron chi connectivity index (χ0n) is 54.5. The topological polar surface area (TPSA) is 111 Å². The minimum absolute atomic E-state index is 0.0413. The molecule has 0 saturated carbocycles. The third-order valence-corrected chi connectivity index (χ3v) is 16.7. The highest BCUT2D eigenvalue weighted by atomic mass is 31.2. The molecule has 0 heterocycles. The Labute approximate surface area is 503 Å². The predicted molar refractivity (Wildman–Crippen MR) is 351 cm³/mol. The number of hydrogen-bond donors (Lipinski definition) is 2. The van der Waals surface area contributed by atoms with E-state index in [9.17, 15) is 19.0 Å². The minimum atomic E-state index is -4.45. The highest BCUT2D eigenvalue weighted by Gasteiger charge is 2.30. The summed E-state index contributed by atoms with van der Waals surface area (Å²) < 4.78 is 30.8. The Morgan fingerprint density at radius 3 is 1.15 bits per heavy atom. The molecule has 476 valence electrons. The molecule has 1 amide bonds. The number of phosphoric ester groups is 1. The molecule has 0 aromatic rings. The fourth-order valence-electron chi connectivity index (χ4n) is 10.3. The number of rotatable bonds is 64. The van der Waals surface area contributed by atoms with E-state index in [1.165, 1.54) is 244 Å². The van der Waals surface area contributed by atoms with Gasteiger partial charge in [0.15, 0.2) is 0 Å². The van der Waals surface area contributed by atoms with Crippen LogP contribution in [0.3, 0.4) is 0 Å². The predicted octanol–water partition coefficient (Wildman–Crippen LogP) is 22.0. The van der Waals surface area contributed by atoms with E-state index in [0.717, 1.165) is 64.2 Å². The van der Waals surface area contributed by atoms with Crippen LogP contribution < -0.4 is 5.32 Å². The van der Waals surface area contributed by atoms with Crippen LogP contribution in [0.1, 0.15) is 342 Å². The first-order valence-electron chi connectivity index (χ1n) is 35.0. The van der Waals surface area contributed by atoms with Gasteiger partial charge in [-0.15, -0.1) is 0 Å². The molecule has 81 heavy (non-hydrogen) atoms. The summed E-state index contributed by atoms with van der Waals surface area (Å²) in [4.78, 5) is 37.8. The molecule has 0 rings (SSSR count). The van der Waals surface area contributed by atoms with Gasteiger partial charge in [0, 0.05) is 12.8 Å². The van der Waals surface area contributed by atoms with Crippen LogP contribution in [-0.4, -0.2) is 74.3 Å². The number of amides is 1. The van der Waals surface area contributed by atoms with E-state index in [1.54, 1.807) is 0 Å². The van der Waals surface area contributed by atoms with E-state index in [4.69, 9.17) is 13.8 Å². The SMILES string of the molecule is CCCCC/C=C\C/C=C\CCCCCCCCCCCCCCCC(=O)OC(/C=C/CCCCCCCCCCC)C(COP(=O)(O)OCC[N+](C)(C)C)NC(=O)CCCCCCCCCCCCC/C=C/CCCCCCCC. The number of unbranched alkanes of at least 4 members (excludes halogenated alkanes) is 42. The Bertz CT molecular complexity index is 1520. The van der Waals surface area contributed by atoms with Crippen molar-refractivity contribution in [1.82, 2.24) is 5.32 Å². The second-order valence-corrected chi connectivity index (χ2v) is 26.5. The summed E-state index contributed by atoms with van der Waals surface area (Å²) >= 11 is 0. The van der Waals surface area contributed by atoms with Crippen molar-refractivity contribution >= 4 is 19.7 Å². The zero-order valence-corrected chi connectivity index (χ0v) is 55.4. The lowest BCUT2D eigenvalue weighted by molar-refractivity contribution is -0.870. The molecule has 0 aromatic heterocycles. The van der Waals surface area contributed by atoms with Crippen LogP contribution in [0.25, 0.3) is 0 Å². The fourth-order valence-corrected chi connectivity index (χ4v) is 11.1. The van der Waals surface area contributed by atoms with Crippen LogP contribution in [-0.2, 0) is 27.9 Å². The second kappa shape index (κ2) is 61.1. The van der Waals surface area contributed by atoms with E-state index in [2.05, 4.69) is 62.5 Å². The van der Waals surface area contributed by atoms with Gasteiger partial charge in [0.25, 0.3) is 0 Å². The molecule has 0 spiro atoms. The van der Waals surface area contributed by atoms with Gasteiger partial charge >= 0.3 is 13.8 Å². The molecule has 0 bridgehead atoms. The maximum absolute atomic E-state index is 13.6. The molecule has 0 fully saturated rings. The van der Waals surface area contributed by atoms with Gasteiger partial charge in [-0.25, -0.2) is 4.57 Å². The number of phosphoric acid groups is 1. The lowest BCUT2D eigenvalue weighted by Crippen LogP contribution is -2.47. The number of nitrogens with zero attached hydrogens (tertiary/aromatic N) is 1. The van der Waals surface area contributed by atoms with Crippen molar-refractivity contribution in [3.8, 4) is 0 Å². The molecule has 0 aromatic carbocycles. The molecule has 3 atom stereocenters. The Morgan fingerprint density at radius 2 is 0.753 bits per heavy atom. The van der Waals surface area contributed by atoms with E-state index < -0.39 is 20.0 Å². The Balaban J connectivity index is 5.04. The maximum Gasteiger partial charge on any atom is 0.472 e. The summed E-state index contributed by atoms with van der Waals surface area (Å²) in [6, 6.07) is -0.848. The molecule has 2 N–H and O–H groups in total. The number of quaternary nitrogens is 1. The van der Waals surface area contributed by atoms with Gasteiger partial charge in [0.05, 0.1) is 33.8 Å². The molecule has 0 aliphatic rings. The Kier molecular flexibility index (Phi) is 59.5. The van der Waals surface area contributed by atoms with Crippen molar-refractivity contribution in [3.05, 3.63) is 48.6 Å². The Morgan fingerprint density at radius 1 is 0.432 bits per heavy atom. The van der Waals surface area contributed by atoms with Gasteiger partial charge in [0.2, 0.25) is 5.91 Å². The van der Waals surface area contributed by atoms with E-state index in [1.807, 2.05) is 33.3 Å². The second-order valence-electron chi connectivity index (χ2n) is 25.0. The molecule has 0 radical (unpaired) electrons. The Hall–Kier alpha value is -2.03. The van der Waals surface area contributed by atoms with Crippen LogP contribution in [0.5, 0.6) is 0 Å².